The highest BCUT2D eigenvalue weighted by molar-refractivity contribution is 5.83. The highest BCUT2D eigenvalue weighted by Gasteiger charge is 2.41. The first-order chi connectivity index (χ1) is 9.15. The zero-order valence-corrected chi connectivity index (χ0v) is 11.3. The molecule has 4 heteroatoms. The molecule has 0 saturated carbocycles. The smallest absolute Gasteiger partial charge is 0.221 e. The molecule has 0 bridgehead atoms. The Hall–Kier alpha value is -2.07. The Balaban J connectivity index is 2.19. The maximum Gasteiger partial charge on any atom is 0.221 e. The van der Waals surface area contributed by atoms with E-state index in [0.29, 0.717) is 0 Å². The average molecular weight is 255 g/mol. The van der Waals surface area contributed by atoms with Gasteiger partial charge in [0.15, 0.2) is 0 Å². The van der Waals surface area contributed by atoms with Crippen molar-refractivity contribution in [3.8, 4) is 0 Å². The Kier molecular flexibility index (Phi) is 2.68. The van der Waals surface area contributed by atoms with Crippen LogP contribution in [0, 0.1) is 6.92 Å². The topological polar surface area (TPSA) is 37.4 Å². The predicted molar refractivity (Wildman–Crippen MR) is 76.6 cm³/mol. The van der Waals surface area contributed by atoms with E-state index < -0.39 is 5.85 Å². The summed E-state index contributed by atoms with van der Waals surface area (Å²) < 4.78 is 5.68. The van der Waals surface area contributed by atoms with Gasteiger partial charge in [-0.05, 0) is 30.7 Å². The van der Waals surface area contributed by atoms with Crippen LogP contribution in [0.2, 0.25) is 0 Å². The van der Waals surface area contributed by atoms with Crippen LogP contribution in [0.15, 0.2) is 42.6 Å². The Morgan fingerprint density at radius 2 is 2.00 bits per heavy atom. The van der Waals surface area contributed by atoms with E-state index in [1.807, 2.05) is 31.2 Å². The number of methoxy groups -OCH3 is 1. The molecule has 0 amide bonds. The monoisotopic (exact) mass is 255 g/mol. The van der Waals surface area contributed by atoms with Crippen molar-refractivity contribution in [2.75, 3.05) is 17.3 Å². The number of hydrogen-bond acceptors (Lipinski definition) is 4. The number of para-hydroxylation sites is 2. The van der Waals surface area contributed by atoms with Gasteiger partial charge in [0.25, 0.3) is 0 Å². The molecular weight excluding hydrogens is 238 g/mol. The number of aromatic nitrogens is 1. The standard InChI is InChI=1S/C15H17N3O/c1-11-7-6-10-16-14(11)18-13-9-5-4-8-12(13)17-15(18,2)19-3/h4-10,17H,1-3H3. The number of hydrogen-bond donors (Lipinski definition) is 1. The molecule has 2 heterocycles. The molecule has 1 aromatic carbocycles. The van der Waals surface area contributed by atoms with Crippen LogP contribution >= 0.6 is 0 Å². The molecule has 19 heavy (non-hydrogen) atoms. The third-order valence-corrected chi connectivity index (χ3v) is 3.53. The second kappa shape index (κ2) is 4.24. The molecule has 1 aliphatic rings. The fourth-order valence-electron chi connectivity index (χ4n) is 2.48. The molecule has 1 N–H and O–H groups in total. The summed E-state index contributed by atoms with van der Waals surface area (Å²) in [5.74, 6) is 0.285. The summed E-state index contributed by atoms with van der Waals surface area (Å²) in [5, 5.41) is 3.40. The van der Waals surface area contributed by atoms with Crippen LogP contribution in [0.5, 0.6) is 0 Å². The predicted octanol–water partition coefficient (Wildman–Crippen LogP) is 3.27. The van der Waals surface area contributed by atoms with Crippen molar-refractivity contribution in [3.05, 3.63) is 48.2 Å². The number of pyridine rings is 1. The maximum absolute atomic E-state index is 5.68. The minimum Gasteiger partial charge on any atom is -0.341 e. The summed E-state index contributed by atoms with van der Waals surface area (Å²) in [6.07, 6.45) is 1.80. The summed E-state index contributed by atoms with van der Waals surface area (Å²) in [6.45, 7) is 4.06. The summed E-state index contributed by atoms with van der Waals surface area (Å²) in [4.78, 5) is 6.60. The summed E-state index contributed by atoms with van der Waals surface area (Å²) in [5.41, 5.74) is 3.25. The largest absolute Gasteiger partial charge is 0.341 e. The van der Waals surface area contributed by atoms with Gasteiger partial charge in [-0.25, -0.2) is 4.98 Å². The fraction of sp³-hybridized carbons (Fsp3) is 0.267. The van der Waals surface area contributed by atoms with Gasteiger partial charge < -0.3 is 10.1 Å². The van der Waals surface area contributed by atoms with Crippen molar-refractivity contribution in [2.24, 2.45) is 0 Å². The number of rotatable bonds is 2. The molecule has 0 fully saturated rings. The Labute approximate surface area is 113 Å². The Morgan fingerprint density at radius 3 is 2.74 bits per heavy atom. The first kappa shape index (κ1) is 12.0. The fourth-order valence-corrected chi connectivity index (χ4v) is 2.48. The van der Waals surface area contributed by atoms with E-state index >= 15 is 0 Å². The highest BCUT2D eigenvalue weighted by atomic mass is 16.5. The number of ether oxygens (including phenoxy) is 1. The molecule has 0 saturated heterocycles. The first-order valence-corrected chi connectivity index (χ1v) is 6.30. The molecule has 1 aliphatic heterocycles. The SMILES string of the molecule is COC1(C)Nc2ccccc2N1c1ncccc1C. The zero-order chi connectivity index (χ0) is 13.5. The minimum absolute atomic E-state index is 0.622. The molecule has 1 unspecified atom stereocenters. The average Bonchev–Trinajstić information content (AvgIpc) is 2.72. The lowest BCUT2D eigenvalue weighted by atomic mass is 10.2. The lowest BCUT2D eigenvalue weighted by Gasteiger charge is -2.35. The van der Waals surface area contributed by atoms with E-state index in [1.54, 1.807) is 13.3 Å². The van der Waals surface area contributed by atoms with Gasteiger partial charge in [0.05, 0.1) is 11.4 Å². The summed E-state index contributed by atoms with van der Waals surface area (Å²) >= 11 is 0. The van der Waals surface area contributed by atoms with E-state index in [-0.39, 0.29) is 0 Å². The first-order valence-electron chi connectivity index (χ1n) is 6.30. The highest BCUT2D eigenvalue weighted by Crippen LogP contribution is 2.44. The van der Waals surface area contributed by atoms with Gasteiger partial charge in [-0.15, -0.1) is 0 Å². The van der Waals surface area contributed by atoms with Crippen molar-refractivity contribution in [2.45, 2.75) is 19.7 Å². The molecule has 0 spiro atoms. The molecular formula is C15H17N3O. The van der Waals surface area contributed by atoms with E-state index in [9.17, 15) is 0 Å². The third-order valence-electron chi connectivity index (χ3n) is 3.53. The minimum atomic E-state index is -0.622. The lowest BCUT2D eigenvalue weighted by molar-refractivity contribution is 0.0415. The maximum atomic E-state index is 5.68. The molecule has 0 radical (unpaired) electrons. The number of nitrogens with zero attached hydrogens (tertiary/aromatic N) is 2. The second-order valence-electron chi connectivity index (χ2n) is 4.81. The van der Waals surface area contributed by atoms with Gasteiger partial charge in [-0.3, -0.25) is 4.90 Å². The van der Waals surface area contributed by atoms with Crippen LogP contribution in [0.25, 0.3) is 0 Å². The van der Waals surface area contributed by atoms with E-state index in [1.165, 1.54) is 0 Å². The number of nitrogens with one attached hydrogen (secondary N) is 1. The van der Waals surface area contributed by atoms with Crippen LogP contribution in [-0.4, -0.2) is 17.9 Å². The molecule has 1 atom stereocenters. The van der Waals surface area contributed by atoms with Gasteiger partial charge in [0, 0.05) is 20.2 Å². The summed E-state index contributed by atoms with van der Waals surface area (Å²) in [7, 11) is 1.70. The number of aryl methyl sites for hydroxylation is 1. The normalized spacial score (nSPS) is 21.1. The van der Waals surface area contributed by atoms with Crippen molar-refractivity contribution in [1.29, 1.82) is 0 Å². The quantitative estimate of drug-likeness (QED) is 0.893. The van der Waals surface area contributed by atoms with Gasteiger partial charge in [-0.1, -0.05) is 18.2 Å². The van der Waals surface area contributed by atoms with Crippen LogP contribution in [0.4, 0.5) is 17.2 Å². The lowest BCUT2D eigenvalue weighted by Crippen LogP contribution is -2.47. The zero-order valence-electron chi connectivity index (χ0n) is 11.3. The molecule has 0 aliphatic carbocycles. The summed E-state index contributed by atoms with van der Waals surface area (Å²) in [6, 6.07) is 12.1. The molecule has 2 aromatic rings. The Morgan fingerprint density at radius 1 is 1.21 bits per heavy atom. The van der Waals surface area contributed by atoms with Crippen LogP contribution in [-0.2, 0) is 4.74 Å². The van der Waals surface area contributed by atoms with Crippen molar-refractivity contribution < 1.29 is 4.74 Å². The molecule has 98 valence electrons. The van der Waals surface area contributed by atoms with Crippen LogP contribution in [0.3, 0.4) is 0 Å². The number of benzene rings is 1. The van der Waals surface area contributed by atoms with E-state index in [2.05, 4.69) is 34.3 Å². The van der Waals surface area contributed by atoms with Crippen molar-refractivity contribution >= 4 is 17.2 Å². The molecule has 1 aromatic heterocycles. The van der Waals surface area contributed by atoms with Gasteiger partial charge in [0.1, 0.15) is 5.82 Å². The number of fused-ring (bicyclic) bond motifs is 1. The van der Waals surface area contributed by atoms with Crippen molar-refractivity contribution in [1.82, 2.24) is 4.98 Å². The van der Waals surface area contributed by atoms with Gasteiger partial charge in [-0.2, -0.15) is 0 Å². The number of anilines is 3. The van der Waals surface area contributed by atoms with Crippen LogP contribution < -0.4 is 10.2 Å². The van der Waals surface area contributed by atoms with E-state index in [4.69, 9.17) is 4.74 Å². The Bertz CT molecular complexity index is 614. The second-order valence-corrected chi connectivity index (χ2v) is 4.81. The third kappa shape index (κ3) is 1.76. The van der Waals surface area contributed by atoms with Crippen LogP contribution in [0.1, 0.15) is 12.5 Å². The van der Waals surface area contributed by atoms with Gasteiger partial charge >= 0.3 is 0 Å². The molecule has 4 nitrogen and oxygen atoms in total. The van der Waals surface area contributed by atoms with Gasteiger partial charge in [0.2, 0.25) is 5.85 Å². The van der Waals surface area contributed by atoms with Crippen molar-refractivity contribution in [3.63, 3.8) is 0 Å². The van der Waals surface area contributed by atoms with E-state index in [0.717, 1.165) is 22.8 Å². The molecule has 3 rings (SSSR count).